The van der Waals surface area contributed by atoms with Crippen molar-refractivity contribution in [2.75, 3.05) is 19.0 Å². The number of anilines is 1. The molecule has 27 heavy (non-hydrogen) atoms. The number of phenolic OH excluding ortho intramolecular Hbond substituents is 1. The van der Waals surface area contributed by atoms with Crippen LogP contribution in [0.3, 0.4) is 0 Å². The fourth-order valence-electron chi connectivity index (χ4n) is 2.24. The number of halogens is 2. The van der Waals surface area contributed by atoms with Gasteiger partial charge < -0.3 is 29.4 Å². The van der Waals surface area contributed by atoms with Crippen molar-refractivity contribution in [3.05, 3.63) is 42.0 Å². The van der Waals surface area contributed by atoms with Crippen molar-refractivity contribution in [2.45, 2.75) is 6.29 Å². The molecule has 0 unspecified atom stereocenters. The Morgan fingerprint density at radius 1 is 1.15 bits per heavy atom. The van der Waals surface area contributed by atoms with Crippen LogP contribution < -0.4 is 19.5 Å². The summed E-state index contributed by atoms with van der Waals surface area (Å²) in [5.74, 6) is -2.07. The van der Waals surface area contributed by atoms with E-state index in [0.717, 1.165) is 6.07 Å². The molecule has 0 atom stereocenters. The molecule has 1 heterocycles. The van der Waals surface area contributed by atoms with Crippen LogP contribution in [0.2, 0.25) is 0 Å². The highest BCUT2D eigenvalue weighted by atomic mass is 19.3. The molecule has 0 radical (unpaired) electrons. The van der Waals surface area contributed by atoms with Crippen molar-refractivity contribution >= 4 is 17.6 Å². The van der Waals surface area contributed by atoms with Crippen LogP contribution in [0, 0.1) is 0 Å². The van der Waals surface area contributed by atoms with Crippen LogP contribution in [0.1, 0.15) is 10.4 Å². The van der Waals surface area contributed by atoms with E-state index in [9.17, 15) is 23.5 Å². The van der Waals surface area contributed by atoms with Crippen LogP contribution in [0.15, 0.2) is 36.4 Å². The summed E-state index contributed by atoms with van der Waals surface area (Å²) in [5.41, 5.74) is -0.00250. The summed E-state index contributed by atoms with van der Waals surface area (Å²) in [7, 11) is 1.40. The minimum Gasteiger partial charge on any atom is -0.507 e. The van der Waals surface area contributed by atoms with Crippen LogP contribution in [0.25, 0.3) is 0 Å². The number of ether oxygens (including phenoxy) is 4. The topological polar surface area (TPSA) is 103 Å². The molecule has 2 N–H and O–H groups in total. The maximum Gasteiger partial charge on any atom is 0.586 e. The minimum absolute atomic E-state index is 0.142. The maximum absolute atomic E-state index is 13.0. The van der Waals surface area contributed by atoms with E-state index >= 15 is 0 Å². The molecule has 0 aliphatic carbocycles. The number of alkyl halides is 2. The molecule has 2 aromatic carbocycles. The fraction of sp³-hybridized carbons (Fsp3) is 0.176. The zero-order valence-corrected chi connectivity index (χ0v) is 13.8. The van der Waals surface area contributed by atoms with Crippen LogP contribution in [-0.4, -0.2) is 37.0 Å². The van der Waals surface area contributed by atoms with E-state index in [1.54, 1.807) is 0 Å². The molecular weight excluding hydrogens is 368 g/mol. The smallest absolute Gasteiger partial charge is 0.507 e. The van der Waals surface area contributed by atoms with E-state index < -0.39 is 24.8 Å². The number of methoxy groups -OCH3 is 1. The van der Waals surface area contributed by atoms with Crippen LogP contribution in [0.4, 0.5) is 14.5 Å². The lowest BCUT2D eigenvalue weighted by Gasteiger charge is -2.09. The molecular formula is C17H13F2NO7. The SMILES string of the molecule is COc1ccc(C(=O)OCC(=O)Nc2ccc3c(c2)OC(F)(F)O3)c(O)c1. The van der Waals surface area contributed by atoms with E-state index in [1.807, 2.05) is 0 Å². The number of fused-ring (bicyclic) bond motifs is 1. The Labute approximate surface area is 151 Å². The fourth-order valence-corrected chi connectivity index (χ4v) is 2.24. The minimum atomic E-state index is -3.76. The van der Waals surface area contributed by atoms with Gasteiger partial charge in [0.2, 0.25) is 0 Å². The Hall–Kier alpha value is -3.56. The Kier molecular flexibility index (Phi) is 4.72. The van der Waals surface area contributed by atoms with Gasteiger partial charge in [-0.1, -0.05) is 0 Å². The molecule has 10 heteroatoms. The van der Waals surface area contributed by atoms with Crippen LogP contribution in [-0.2, 0) is 9.53 Å². The molecule has 0 aromatic heterocycles. The first kappa shape index (κ1) is 18.2. The van der Waals surface area contributed by atoms with Crippen molar-refractivity contribution in [2.24, 2.45) is 0 Å². The summed E-state index contributed by atoms with van der Waals surface area (Å²) < 4.78 is 44.2. The number of benzene rings is 2. The van der Waals surface area contributed by atoms with Crippen LogP contribution in [0.5, 0.6) is 23.0 Å². The van der Waals surface area contributed by atoms with Crippen molar-refractivity contribution in [1.29, 1.82) is 0 Å². The third-order valence-electron chi connectivity index (χ3n) is 3.44. The third kappa shape index (κ3) is 4.17. The molecule has 0 fully saturated rings. The van der Waals surface area contributed by atoms with E-state index in [1.165, 1.54) is 37.4 Å². The molecule has 0 bridgehead atoms. The number of phenols is 1. The molecule has 1 aliphatic rings. The number of carbonyl (C=O) groups excluding carboxylic acids is 2. The number of hydrogen-bond acceptors (Lipinski definition) is 7. The summed E-state index contributed by atoms with van der Waals surface area (Å²) in [6, 6.07) is 7.61. The van der Waals surface area contributed by atoms with Crippen molar-refractivity contribution in [3.8, 4) is 23.0 Å². The van der Waals surface area contributed by atoms with Gasteiger partial charge in [-0.05, 0) is 24.3 Å². The van der Waals surface area contributed by atoms with E-state index in [2.05, 4.69) is 14.8 Å². The number of esters is 1. The normalized spacial score (nSPS) is 13.7. The first-order valence-electron chi connectivity index (χ1n) is 7.51. The Balaban J connectivity index is 1.57. The molecule has 0 spiro atoms. The first-order chi connectivity index (χ1) is 12.8. The molecule has 1 amide bonds. The standard InChI is InChI=1S/C17H13F2NO7/c1-24-10-3-4-11(12(21)7-10)16(23)25-8-15(22)20-9-2-5-13-14(6-9)27-17(18,19)26-13/h2-7,21H,8H2,1H3,(H,20,22). The molecule has 142 valence electrons. The summed E-state index contributed by atoms with van der Waals surface area (Å²) >= 11 is 0. The number of aromatic hydroxyl groups is 1. The number of hydrogen-bond donors (Lipinski definition) is 2. The number of amides is 1. The second kappa shape index (κ2) is 6.98. The summed E-state index contributed by atoms with van der Waals surface area (Å²) in [6.07, 6.45) is -3.76. The number of nitrogens with one attached hydrogen (secondary N) is 1. The van der Waals surface area contributed by atoms with Gasteiger partial charge in [-0.3, -0.25) is 4.79 Å². The molecule has 0 saturated heterocycles. The maximum atomic E-state index is 13.0. The van der Waals surface area contributed by atoms with E-state index in [4.69, 9.17) is 9.47 Å². The summed E-state index contributed by atoms with van der Waals surface area (Å²) in [4.78, 5) is 23.8. The van der Waals surface area contributed by atoms with Crippen molar-refractivity contribution in [3.63, 3.8) is 0 Å². The molecule has 8 nitrogen and oxygen atoms in total. The van der Waals surface area contributed by atoms with Crippen molar-refractivity contribution in [1.82, 2.24) is 0 Å². The average Bonchev–Trinajstić information content (AvgIpc) is 2.92. The van der Waals surface area contributed by atoms with Gasteiger partial charge in [0.25, 0.3) is 5.91 Å². The largest absolute Gasteiger partial charge is 0.586 e. The zero-order valence-electron chi connectivity index (χ0n) is 13.8. The Morgan fingerprint density at radius 2 is 1.89 bits per heavy atom. The second-order valence-corrected chi connectivity index (χ2v) is 5.34. The highest BCUT2D eigenvalue weighted by Crippen LogP contribution is 2.42. The van der Waals surface area contributed by atoms with Crippen molar-refractivity contribution < 1.29 is 42.4 Å². The Morgan fingerprint density at radius 3 is 2.59 bits per heavy atom. The summed E-state index contributed by atoms with van der Waals surface area (Å²) in [6.45, 7) is -0.658. The third-order valence-corrected chi connectivity index (χ3v) is 3.44. The van der Waals surface area contributed by atoms with Gasteiger partial charge in [-0.15, -0.1) is 8.78 Å². The molecule has 3 rings (SSSR count). The summed E-state index contributed by atoms with van der Waals surface area (Å²) in [5, 5.41) is 12.1. The monoisotopic (exact) mass is 381 g/mol. The van der Waals surface area contributed by atoms with Gasteiger partial charge >= 0.3 is 12.3 Å². The van der Waals surface area contributed by atoms with Gasteiger partial charge in [0.1, 0.15) is 17.1 Å². The molecule has 0 saturated carbocycles. The van der Waals surface area contributed by atoms with Gasteiger partial charge in [-0.25, -0.2) is 4.79 Å². The number of carbonyl (C=O) groups is 2. The molecule has 1 aliphatic heterocycles. The van der Waals surface area contributed by atoms with E-state index in [0.29, 0.717) is 5.75 Å². The highest BCUT2D eigenvalue weighted by molar-refractivity contribution is 5.97. The second-order valence-electron chi connectivity index (χ2n) is 5.34. The Bertz CT molecular complexity index is 901. The predicted octanol–water partition coefficient (Wildman–Crippen LogP) is 2.52. The quantitative estimate of drug-likeness (QED) is 0.767. The van der Waals surface area contributed by atoms with E-state index in [-0.39, 0.29) is 28.5 Å². The lowest BCUT2D eigenvalue weighted by Crippen LogP contribution is -2.25. The lowest BCUT2D eigenvalue weighted by molar-refractivity contribution is -0.286. The van der Waals surface area contributed by atoms with Gasteiger partial charge in [0.05, 0.1) is 7.11 Å². The number of rotatable bonds is 5. The lowest BCUT2D eigenvalue weighted by atomic mass is 10.2. The van der Waals surface area contributed by atoms with Gasteiger partial charge in [0.15, 0.2) is 18.1 Å². The molecule has 2 aromatic rings. The zero-order chi connectivity index (χ0) is 19.6. The predicted molar refractivity (Wildman–Crippen MR) is 86.2 cm³/mol. The highest BCUT2D eigenvalue weighted by Gasteiger charge is 2.43. The van der Waals surface area contributed by atoms with Crippen LogP contribution >= 0.6 is 0 Å². The average molecular weight is 381 g/mol. The van der Waals surface area contributed by atoms with Gasteiger partial charge in [0, 0.05) is 17.8 Å². The van der Waals surface area contributed by atoms with Gasteiger partial charge in [-0.2, -0.15) is 0 Å². The first-order valence-corrected chi connectivity index (χ1v) is 7.51.